The minimum Gasteiger partial charge on any atom is -0.452 e. The average molecular weight is 228 g/mol. The molecular weight excluding hydrogens is 212 g/mol. The summed E-state index contributed by atoms with van der Waals surface area (Å²) >= 11 is 0. The minimum atomic E-state index is -0.477. The molecule has 0 atom stereocenters. The Bertz CT molecular complexity index is 495. The maximum Gasteiger partial charge on any atom is 0.335 e. The first-order chi connectivity index (χ1) is 8.02. The van der Waals surface area contributed by atoms with Crippen LogP contribution >= 0.6 is 0 Å². The third-order valence-electron chi connectivity index (χ3n) is 2.80. The Morgan fingerprint density at radius 3 is 2.65 bits per heavy atom. The van der Waals surface area contributed by atoms with E-state index in [1.807, 2.05) is 44.2 Å². The molecule has 2 nitrogen and oxygen atoms in total. The molecule has 17 heavy (non-hydrogen) atoms. The van der Waals surface area contributed by atoms with Gasteiger partial charge in [-0.3, -0.25) is 0 Å². The van der Waals surface area contributed by atoms with Gasteiger partial charge in [-0.15, -0.1) is 0 Å². The smallest absolute Gasteiger partial charge is 0.335 e. The van der Waals surface area contributed by atoms with E-state index in [1.54, 1.807) is 6.08 Å². The number of carbonyl (C=O) groups excluding carboxylic acids is 1. The second-order valence-corrected chi connectivity index (χ2v) is 4.74. The molecule has 0 unspecified atom stereocenters. The van der Waals surface area contributed by atoms with E-state index in [4.69, 9.17) is 4.74 Å². The Morgan fingerprint density at radius 2 is 2.06 bits per heavy atom. The van der Waals surface area contributed by atoms with Crippen LogP contribution in [0.25, 0.3) is 6.08 Å². The third kappa shape index (κ3) is 2.47. The van der Waals surface area contributed by atoms with Crippen LogP contribution in [0.3, 0.4) is 0 Å². The Hall–Kier alpha value is -1.83. The van der Waals surface area contributed by atoms with E-state index in [2.05, 4.69) is 6.58 Å². The summed E-state index contributed by atoms with van der Waals surface area (Å²) in [7, 11) is 0. The lowest BCUT2D eigenvalue weighted by molar-refractivity contribution is -0.144. The lowest BCUT2D eigenvalue weighted by atomic mass is 9.98. The highest BCUT2D eigenvalue weighted by molar-refractivity contribution is 5.92. The molecule has 1 heterocycles. The van der Waals surface area contributed by atoms with Crippen molar-refractivity contribution in [1.82, 2.24) is 0 Å². The van der Waals surface area contributed by atoms with Crippen molar-refractivity contribution in [2.45, 2.75) is 25.9 Å². The third-order valence-corrected chi connectivity index (χ3v) is 2.80. The standard InChI is InChI=1S/C15H16O2/c1-4-11-7-5-6-8-12(11)9-13-10-15(2,3)17-14(13)16/h4-8,10H,1,9H2,2-3H3. The van der Waals surface area contributed by atoms with Gasteiger partial charge >= 0.3 is 5.97 Å². The Morgan fingerprint density at radius 1 is 1.35 bits per heavy atom. The maximum absolute atomic E-state index is 11.7. The van der Waals surface area contributed by atoms with Gasteiger partial charge in [-0.25, -0.2) is 4.79 Å². The lowest BCUT2D eigenvalue weighted by Crippen LogP contribution is -2.18. The summed E-state index contributed by atoms with van der Waals surface area (Å²) in [6.45, 7) is 7.55. The number of hydrogen-bond acceptors (Lipinski definition) is 2. The Balaban J connectivity index is 2.28. The van der Waals surface area contributed by atoms with Crippen molar-refractivity contribution in [2.24, 2.45) is 0 Å². The number of esters is 1. The SMILES string of the molecule is C=Cc1ccccc1CC1=CC(C)(C)OC1=O. The zero-order valence-electron chi connectivity index (χ0n) is 10.2. The molecule has 1 aliphatic heterocycles. The number of carbonyl (C=O) groups is 1. The van der Waals surface area contributed by atoms with E-state index in [1.165, 1.54) is 0 Å². The molecule has 0 saturated heterocycles. The average Bonchev–Trinajstić information content (AvgIpc) is 2.52. The number of hydrogen-bond donors (Lipinski definition) is 0. The van der Waals surface area contributed by atoms with Gasteiger partial charge in [0.05, 0.1) is 0 Å². The van der Waals surface area contributed by atoms with Gasteiger partial charge in [0.1, 0.15) is 5.60 Å². The van der Waals surface area contributed by atoms with Gasteiger partial charge in [-0.1, -0.05) is 36.9 Å². The van der Waals surface area contributed by atoms with Crippen LogP contribution in [0.5, 0.6) is 0 Å². The van der Waals surface area contributed by atoms with Gasteiger partial charge in [0.15, 0.2) is 0 Å². The molecule has 0 fully saturated rings. The fourth-order valence-corrected chi connectivity index (χ4v) is 2.04. The molecule has 0 radical (unpaired) electrons. The molecule has 2 rings (SSSR count). The first-order valence-corrected chi connectivity index (χ1v) is 5.67. The number of benzene rings is 1. The minimum absolute atomic E-state index is 0.214. The molecule has 1 aliphatic rings. The van der Waals surface area contributed by atoms with E-state index >= 15 is 0 Å². The van der Waals surface area contributed by atoms with Crippen LogP contribution in [0, 0.1) is 0 Å². The molecule has 2 heteroatoms. The molecule has 0 N–H and O–H groups in total. The highest BCUT2D eigenvalue weighted by Crippen LogP contribution is 2.27. The summed E-state index contributed by atoms with van der Waals surface area (Å²) in [6.07, 6.45) is 4.31. The summed E-state index contributed by atoms with van der Waals surface area (Å²) in [5, 5.41) is 0. The van der Waals surface area contributed by atoms with Gasteiger partial charge in [-0.05, 0) is 31.1 Å². The largest absolute Gasteiger partial charge is 0.452 e. The van der Waals surface area contributed by atoms with Crippen molar-refractivity contribution >= 4 is 12.0 Å². The zero-order valence-corrected chi connectivity index (χ0v) is 10.2. The molecule has 1 aromatic carbocycles. The van der Waals surface area contributed by atoms with Gasteiger partial charge < -0.3 is 4.74 Å². The molecular formula is C15H16O2. The zero-order chi connectivity index (χ0) is 12.5. The van der Waals surface area contributed by atoms with Crippen LogP contribution < -0.4 is 0 Å². The number of rotatable bonds is 3. The predicted molar refractivity (Wildman–Crippen MR) is 68.5 cm³/mol. The van der Waals surface area contributed by atoms with Crippen LogP contribution in [0.1, 0.15) is 25.0 Å². The quantitative estimate of drug-likeness (QED) is 0.743. The normalized spacial score (nSPS) is 17.5. The highest BCUT2D eigenvalue weighted by atomic mass is 16.6. The fraction of sp³-hybridized carbons (Fsp3) is 0.267. The lowest BCUT2D eigenvalue weighted by Gasteiger charge is -2.12. The second kappa shape index (κ2) is 4.21. The summed E-state index contributed by atoms with van der Waals surface area (Å²) in [6, 6.07) is 7.94. The van der Waals surface area contributed by atoms with Crippen LogP contribution in [0.2, 0.25) is 0 Å². The van der Waals surface area contributed by atoms with Crippen molar-refractivity contribution in [1.29, 1.82) is 0 Å². The number of ether oxygens (including phenoxy) is 1. The van der Waals surface area contributed by atoms with Crippen LogP contribution in [0.15, 0.2) is 42.5 Å². The number of cyclic esters (lactones) is 1. The van der Waals surface area contributed by atoms with Crippen molar-refractivity contribution in [3.05, 3.63) is 53.6 Å². The van der Waals surface area contributed by atoms with E-state index < -0.39 is 5.60 Å². The molecule has 0 spiro atoms. The van der Waals surface area contributed by atoms with Crippen molar-refractivity contribution in [3.63, 3.8) is 0 Å². The molecule has 0 bridgehead atoms. The predicted octanol–water partition coefficient (Wildman–Crippen LogP) is 3.13. The highest BCUT2D eigenvalue weighted by Gasteiger charge is 2.31. The van der Waals surface area contributed by atoms with Gasteiger partial charge in [0.25, 0.3) is 0 Å². The van der Waals surface area contributed by atoms with E-state index in [0.717, 1.165) is 16.7 Å². The maximum atomic E-state index is 11.7. The topological polar surface area (TPSA) is 26.3 Å². The summed E-state index contributed by atoms with van der Waals surface area (Å²) in [5.41, 5.74) is 2.41. The van der Waals surface area contributed by atoms with Crippen LogP contribution in [-0.4, -0.2) is 11.6 Å². The van der Waals surface area contributed by atoms with Gasteiger partial charge in [0, 0.05) is 12.0 Å². The van der Waals surface area contributed by atoms with Gasteiger partial charge in [-0.2, -0.15) is 0 Å². The van der Waals surface area contributed by atoms with Gasteiger partial charge in [0.2, 0.25) is 0 Å². The Kier molecular flexibility index (Phi) is 2.88. The molecule has 1 aromatic rings. The molecule has 0 amide bonds. The van der Waals surface area contributed by atoms with Crippen LogP contribution in [0.4, 0.5) is 0 Å². The summed E-state index contributed by atoms with van der Waals surface area (Å²) in [5.74, 6) is -0.214. The molecule has 88 valence electrons. The van der Waals surface area contributed by atoms with Crippen molar-refractivity contribution < 1.29 is 9.53 Å². The second-order valence-electron chi connectivity index (χ2n) is 4.74. The first kappa shape index (κ1) is 11.6. The fourth-order valence-electron chi connectivity index (χ4n) is 2.04. The van der Waals surface area contributed by atoms with Crippen molar-refractivity contribution in [2.75, 3.05) is 0 Å². The summed E-state index contributed by atoms with van der Waals surface area (Å²) < 4.78 is 5.25. The first-order valence-electron chi connectivity index (χ1n) is 5.67. The van der Waals surface area contributed by atoms with E-state index in [0.29, 0.717) is 6.42 Å². The molecule has 0 aromatic heterocycles. The Labute approximate surface area is 102 Å². The van der Waals surface area contributed by atoms with Crippen molar-refractivity contribution in [3.8, 4) is 0 Å². The molecule has 0 aliphatic carbocycles. The molecule has 0 saturated carbocycles. The van der Waals surface area contributed by atoms with E-state index in [-0.39, 0.29) is 5.97 Å². The van der Waals surface area contributed by atoms with Crippen LogP contribution in [-0.2, 0) is 16.0 Å². The summed E-state index contributed by atoms with van der Waals surface area (Å²) in [4.78, 5) is 11.7. The monoisotopic (exact) mass is 228 g/mol. The van der Waals surface area contributed by atoms with E-state index in [9.17, 15) is 4.79 Å².